The number of thioether (sulfide) groups is 1. The van der Waals surface area contributed by atoms with Crippen molar-refractivity contribution in [3.63, 3.8) is 0 Å². The van der Waals surface area contributed by atoms with Gasteiger partial charge in [-0.2, -0.15) is 0 Å². The van der Waals surface area contributed by atoms with Crippen LogP contribution in [0.3, 0.4) is 0 Å². The van der Waals surface area contributed by atoms with Crippen LogP contribution in [0.25, 0.3) is 0 Å². The molecule has 22 heavy (non-hydrogen) atoms. The van der Waals surface area contributed by atoms with E-state index >= 15 is 0 Å². The summed E-state index contributed by atoms with van der Waals surface area (Å²) in [5.74, 6) is -0.276. The van der Waals surface area contributed by atoms with Crippen LogP contribution in [-0.4, -0.2) is 37.3 Å². The zero-order valence-corrected chi connectivity index (χ0v) is 13.4. The van der Waals surface area contributed by atoms with Gasteiger partial charge >= 0.3 is 0 Å². The fraction of sp³-hybridized carbons (Fsp3) is 0.235. The maximum atomic E-state index is 13.4. The first kappa shape index (κ1) is 16.4. The van der Waals surface area contributed by atoms with Crippen LogP contribution in [0.5, 0.6) is 5.75 Å². The minimum atomic E-state index is -0.399. The summed E-state index contributed by atoms with van der Waals surface area (Å²) in [4.78, 5) is 14.9. The van der Waals surface area contributed by atoms with Crippen LogP contribution in [0, 0.1) is 5.82 Å². The fourth-order valence-electron chi connectivity index (χ4n) is 1.91. The van der Waals surface area contributed by atoms with Gasteiger partial charge in [0.2, 0.25) is 0 Å². The van der Waals surface area contributed by atoms with E-state index in [1.165, 1.54) is 6.07 Å². The zero-order chi connectivity index (χ0) is 15.9. The van der Waals surface area contributed by atoms with Crippen molar-refractivity contribution in [2.75, 3.05) is 26.5 Å². The van der Waals surface area contributed by atoms with E-state index in [9.17, 15) is 9.18 Å². The number of hydrogen-bond acceptors (Lipinski definition) is 3. The molecule has 0 aliphatic heterocycles. The Morgan fingerprint density at radius 1 is 1.18 bits per heavy atom. The lowest BCUT2D eigenvalue weighted by Gasteiger charge is -2.17. The van der Waals surface area contributed by atoms with E-state index in [1.54, 1.807) is 41.9 Å². The Morgan fingerprint density at radius 2 is 1.86 bits per heavy atom. The molecule has 3 nitrogen and oxygen atoms in total. The Bertz CT molecular complexity index is 631. The average Bonchev–Trinajstić information content (AvgIpc) is 2.56. The zero-order valence-electron chi connectivity index (χ0n) is 12.6. The lowest BCUT2D eigenvalue weighted by Crippen LogP contribution is -2.30. The first-order chi connectivity index (χ1) is 10.6. The molecule has 0 saturated carbocycles. The normalized spacial score (nSPS) is 10.3. The third kappa shape index (κ3) is 4.24. The van der Waals surface area contributed by atoms with E-state index in [4.69, 9.17) is 4.74 Å². The summed E-state index contributed by atoms with van der Waals surface area (Å²) in [6, 6.07) is 13.7. The molecule has 0 fully saturated rings. The van der Waals surface area contributed by atoms with Crippen LogP contribution in [0.15, 0.2) is 53.4 Å². The van der Waals surface area contributed by atoms with Crippen molar-refractivity contribution in [1.82, 2.24) is 4.90 Å². The van der Waals surface area contributed by atoms with Gasteiger partial charge in [-0.05, 0) is 42.7 Å². The summed E-state index contributed by atoms with van der Waals surface area (Å²) in [6.45, 7) is 0.628. The molecule has 0 aliphatic carbocycles. The minimum absolute atomic E-state index is 0.0789. The quantitative estimate of drug-likeness (QED) is 0.760. The van der Waals surface area contributed by atoms with Crippen LogP contribution in [0.2, 0.25) is 0 Å². The first-order valence-corrected chi connectivity index (χ1v) is 8.11. The smallest absolute Gasteiger partial charge is 0.253 e. The molecule has 0 unspecified atom stereocenters. The van der Waals surface area contributed by atoms with Crippen LogP contribution in [0.1, 0.15) is 10.4 Å². The summed E-state index contributed by atoms with van der Waals surface area (Å²) < 4.78 is 18.8. The van der Waals surface area contributed by atoms with Gasteiger partial charge in [0, 0.05) is 17.5 Å². The van der Waals surface area contributed by atoms with Crippen LogP contribution < -0.4 is 4.74 Å². The monoisotopic (exact) mass is 319 g/mol. The van der Waals surface area contributed by atoms with Crippen molar-refractivity contribution in [2.24, 2.45) is 0 Å². The highest BCUT2D eigenvalue weighted by atomic mass is 32.2. The predicted octanol–water partition coefficient (Wildman–Crippen LogP) is 3.70. The Labute approximate surface area is 134 Å². The van der Waals surface area contributed by atoms with Gasteiger partial charge in [0.05, 0.1) is 6.54 Å². The number of hydrogen-bond donors (Lipinski definition) is 0. The maximum absolute atomic E-state index is 13.4. The summed E-state index contributed by atoms with van der Waals surface area (Å²) >= 11 is 1.63. The van der Waals surface area contributed by atoms with Crippen molar-refractivity contribution in [1.29, 1.82) is 0 Å². The Morgan fingerprint density at radius 3 is 2.50 bits per heavy atom. The minimum Gasteiger partial charge on any atom is -0.489 e. The van der Waals surface area contributed by atoms with E-state index in [1.807, 2.05) is 30.5 Å². The molecule has 0 N–H and O–H groups in total. The summed E-state index contributed by atoms with van der Waals surface area (Å²) in [5, 5.41) is 0. The number of benzene rings is 2. The molecule has 0 saturated heterocycles. The second kappa shape index (κ2) is 7.84. The number of nitrogens with zero attached hydrogens (tertiary/aromatic N) is 1. The molecule has 2 aromatic carbocycles. The Hall–Kier alpha value is -2.01. The number of likely N-dealkylation sites (N-methyl/N-ethyl adjacent to an activating group) is 1. The molecule has 1 amide bonds. The number of amides is 1. The van der Waals surface area contributed by atoms with Gasteiger partial charge < -0.3 is 9.64 Å². The number of ether oxygens (including phenoxy) is 1. The molecule has 116 valence electrons. The van der Waals surface area contributed by atoms with E-state index in [-0.39, 0.29) is 18.3 Å². The van der Waals surface area contributed by atoms with Crippen molar-refractivity contribution >= 4 is 17.7 Å². The fourth-order valence-corrected chi connectivity index (χ4v) is 2.32. The van der Waals surface area contributed by atoms with Gasteiger partial charge in [0.1, 0.15) is 6.61 Å². The Balaban J connectivity index is 1.87. The third-order valence-electron chi connectivity index (χ3n) is 3.20. The molecule has 0 radical (unpaired) electrons. The van der Waals surface area contributed by atoms with Crippen molar-refractivity contribution < 1.29 is 13.9 Å². The number of rotatable bonds is 6. The van der Waals surface area contributed by atoms with Crippen LogP contribution in [-0.2, 0) is 0 Å². The van der Waals surface area contributed by atoms with Crippen molar-refractivity contribution in [3.8, 4) is 5.75 Å². The van der Waals surface area contributed by atoms with Gasteiger partial charge in [-0.1, -0.05) is 12.1 Å². The van der Waals surface area contributed by atoms with E-state index in [0.29, 0.717) is 12.1 Å². The molecular weight excluding hydrogens is 301 g/mol. The van der Waals surface area contributed by atoms with E-state index in [2.05, 4.69) is 0 Å². The number of carbonyl (C=O) groups is 1. The maximum Gasteiger partial charge on any atom is 0.253 e. The summed E-state index contributed by atoms with van der Waals surface area (Å²) in [7, 11) is 1.70. The third-order valence-corrected chi connectivity index (χ3v) is 3.95. The topological polar surface area (TPSA) is 29.5 Å². The van der Waals surface area contributed by atoms with E-state index < -0.39 is 5.82 Å². The second-order valence-electron chi connectivity index (χ2n) is 4.73. The van der Waals surface area contributed by atoms with Gasteiger partial charge in [-0.3, -0.25) is 4.79 Å². The molecule has 0 spiro atoms. The Kier molecular flexibility index (Phi) is 5.83. The van der Waals surface area contributed by atoms with Crippen molar-refractivity contribution in [2.45, 2.75) is 4.90 Å². The largest absolute Gasteiger partial charge is 0.489 e. The van der Waals surface area contributed by atoms with Gasteiger partial charge in [-0.25, -0.2) is 4.39 Å². The SMILES string of the molecule is CSc1ccc(C(=O)N(C)CCOc2ccccc2F)cc1. The number of para-hydroxylation sites is 1. The van der Waals surface area contributed by atoms with Crippen LogP contribution >= 0.6 is 11.8 Å². The van der Waals surface area contributed by atoms with Crippen molar-refractivity contribution in [3.05, 3.63) is 59.9 Å². The summed E-state index contributed by atoms with van der Waals surface area (Å²) in [6.07, 6.45) is 1.99. The molecular formula is C17H18FNO2S. The van der Waals surface area contributed by atoms with Gasteiger partial charge in [0.25, 0.3) is 5.91 Å². The van der Waals surface area contributed by atoms with Gasteiger partial charge in [-0.15, -0.1) is 11.8 Å². The molecule has 0 heterocycles. The standard InChI is InChI=1S/C17H18FNO2S/c1-19(11-12-21-16-6-4-3-5-15(16)18)17(20)13-7-9-14(22-2)10-8-13/h3-10H,11-12H2,1-2H3. The average molecular weight is 319 g/mol. The lowest BCUT2D eigenvalue weighted by molar-refractivity contribution is 0.0773. The second-order valence-corrected chi connectivity index (χ2v) is 5.61. The molecule has 2 aromatic rings. The molecule has 5 heteroatoms. The van der Waals surface area contributed by atoms with Gasteiger partial charge in [0.15, 0.2) is 11.6 Å². The highest BCUT2D eigenvalue weighted by Crippen LogP contribution is 2.16. The molecule has 2 rings (SSSR count). The van der Waals surface area contributed by atoms with E-state index in [0.717, 1.165) is 4.90 Å². The molecule has 0 aliphatic rings. The van der Waals surface area contributed by atoms with Crippen LogP contribution in [0.4, 0.5) is 4.39 Å². The highest BCUT2D eigenvalue weighted by molar-refractivity contribution is 7.98. The first-order valence-electron chi connectivity index (χ1n) is 6.88. The molecule has 0 bridgehead atoms. The lowest BCUT2D eigenvalue weighted by atomic mass is 10.2. The highest BCUT2D eigenvalue weighted by Gasteiger charge is 2.11. The summed E-state index contributed by atoms with van der Waals surface area (Å²) in [5.41, 5.74) is 0.631. The number of halogens is 1. The molecule has 0 atom stereocenters. The predicted molar refractivity (Wildman–Crippen MR) is 87.1 cm³/mol. The molecule has 0 aromatic heterocycles. The number of carbonyl (C=O) groups excluding carboxylic acids is 1.